The van der Waals surface area contributed by atoms with Gasteiger partial charge in [-0.25, -0.2) is 0 Å². The molecule has 0 aliphatic rings. The van der Waals surface area contributed by atoms with Gasteiger partial charge in [-0.2, -0.15) is 0 Å². The number of carbonyl (C=O) groups excluding carboxylic acids is 2. The second kappa shape index (κ2) is 6.03. The largest absolute Gasteiger partial charge is 0.446 e. The minimum absolute atomic E-state index is 0.0323. The zero-order chi connectivity index (χ0) is 14.5. The molecule has 0 unspecified atom stereocenters. The molecule has 6 nitrogen and oxygen atoms in total. The van der Waals surface area contributed by atoms with Gasteiger partial charge in [0.15, 0.2) is 11.5 Å². The monoisotopic (exact) mass is 273 g/mol. The smallest absolute Gasteiger partial charge is 0.291 e. The van der Waals surface area contributed by atoms with Gasteiger partial charge in [0.1, 0.15) is 0 Å². The van der Waals surface area contributed by atoms with E-state index in [1.165, 1.54) is 12.1 Å². The van der Waals surface area contributed by atoms with Crippen LogP contribution in [0.1, 0.15) is 26.7 Å². The standard InChI is InChI=1S/C14H15N3O3/c15-8-7-9-1-3-10(4-2-9)17-14(19)12-6-5-11(20-12)13(16)18/h1-6H,7-8,15H2,(H2,16,18)(H,17,19). The van der Waals surface area contributed by atoms with Crippen LogP contribution in [0.5, 0.6) is 0 Å². The van der Waals surface area contributed by atoms with Gasteiger partial charge in [-0.05, 0) is 42.8 Å². The molecule has 2 aromatic rings. The maximum atomic E-state index is 11.9. The number of nitrogens with one attached hydrogen (secondary N) is 1. The van der Waals surface area contributed by atoms with Crippen LogP contribution in [0.15, 0.2) is 40.8 Å². The van der Waals surface area contributed by atoms with Crippen LogP contribution in [0.2, 0.25) is 0 Å². The van der Waals surface area contributed by atoms with Gasteiger partial charge in [-0.1, -0.05) is 12.1 Å². The molecule has 0 aliphatic carbocycles. The number of benzene rings is 1. The summed E-state index contributed by atoms with van der Waals surface area (Å²) < 4.78 is 5.04. The summed E-state index contributed by atoms with van der Waals surface area (Å²) in [6, 6.07) is 10.1. The number of hydrogen-bond donors (Lipinski definition) is 3. The lowest BCUT2D eigenvalue weighted by molar-refractivity contribution is 0.0960. The summed E-state index contributed by atoms with van der Waals surface area (Å²) in [4.78, 5) is 22.8. The van der Waals surface area contributed by atoms with Gasteiger partial charge in [-0.15, -0.1) is 0 Å². The molecule has 2 amide bonds. The van der Waals surface area contributed by atoms with Crippen LogP contribution in [-0.2, 0) is 6.42 Å². The summed E-state index contributed by atoms with van der Waals surface area (Å²) in [5.41, 5.74) is 12.2. The topological polar surface area (TPSA) is 111 Å². The Morgan fingerprint density at radius 2 is 1.70 bits per heavy atom. The molecular formula is C14H15N3O3. The van der Waals surface area contributed by atoms with Crippen LogP contribution in [0.3, 0.4) is 0 Å². The summed E-state index contributed by atoms with van der Waals surface area (Å²) in [7, 11) is 0. The van der Waals surface area contributed by atoms with E-state index in [0.29, 0.717) is 12.2 Å². The van der Waals surface area contributed by atoms with E-state index in [9.17, 15) is 9.59 Å². The van der Waals surface area contributed by atoms with Crippen LogP contribution in [0.4, 0.5) is 5.69 Å². The Labute approximate surface area is 115 Å². The number of rotatable bonds is 5. The van der Waals surface area contributed by atoms with E-state index < -0.39 is 11.8 Å². The summed E-state index contributed by atoms with van der Waals surface area (Å²) in [5, 5.41) is 2.66. The molecule has 20 heavy (non-hydrogen) atoms. The average molecular weight is 273 g/mol. The van der Waals surface area contributed by atoms with Gasteiger partial charge in [0.2, 0.25) is 0 Å². The van der Waals surface area contributed by atoms with Gasteiger partial charge < -0.3 is 21.2 Å². The number of carbonyl (C=O) groups is 2. The molecule has 0 spiro atoms. The summed E-state index contributed by atoms with van der Waals surface area (Å²) >= 11 is 0. The minimum atomic E-state index is -0.713. The van der Waals surface area contributed by atoms with Gasteiger partial charge in [0, 0.05) is 5.69 Å². The Kier molecular flexibility index (Phi) is 4.17. The molecule has 1 heterocycles. The van der Waals surface area contributed by atoms with Crippen molar-refractivity contribution in [3.05, 3.63) is 53.5 Å². The Hall–Kier alpha value is -2.60. The van der Waals surface area contributed by atoms with E-state index in [-0.39, 0.29) is 11.5 Å². The quantitative estimate of drug-likeness (QED) is 0.758. The molecule has 0 saturated carbocycles. The zero-order valence-corrected chi connectivity index (χ0v) is 10.8. The number of hydrogen-bond acceptors (Lipinski definition) is 4. The van der Waals surface area contributed by atoms with Crippen molar-refractivity contribution in [3.8, 4) is 0 Å². The third-order valence-electron chi connectivity index (χ3n) is 2.72. The maximum absolute atomic E-state index is 11.9. The first-order valence-corrected chi connectivity index (χ1v) is 6.10. The van der Waals surface area contributed by atoms with Crippen LogP contribution in [0.25, 0.3) is 0 Å². The van der Waals surface area contributed by atoms with Gasteiger partial charge in [-0.3, -0.25) is 9.59 Å². The molecule has 2 rings (SSSR count). The molecule has 1 aromatic heterocycles. The van der Waals surface area contributed by atoms with Crippen molar-refractivity contribution >= 4 is 17.5 Å². The predicted molar refractivity (Wildman–Crippen MR) is 74.4 cm³/mol. The molecular weight excluding hydrogens is 258 g/mol. The van der Waals surface area contributed by atoms with Crippen molar-refractivity contribution in [1.82, 2.24) is 0 Å². The summed E-state index contributed by atoms with van der Waals surface area (Å²) in [5.74, 6) is -1.17. The minimum Gasteiger partial charge on any atom is -0.446 e. The Morgan fingerprint density at radius 3 is 2.25 bits per heavy atom. The molecule has 0 radical (unpaired) electrons. The van der Waals surface area contributed by atoms with Crippen LogP contribution in [-0.4, -0.2) is 18.4 Å². The van der Waals surface area contributed by atoms with Crippen LogP contribution in [0, 0.1) is 0 Å². The molecule has 1 aromatic carbocycles. The molecule has 104 valence electrons. The van der Waals surface area contributed by atoms with E-state index in [2.05, 4.69) is 5.32 Å². The fraction of sp³-hybridized carbons (Fsp3) is 0.143. The summed E-state index contributed by atoms with van der Waals surface area (Å²) in [6.07, 6.45) is 0.786. The molecule has 6 heteroatoms. The Bertz CT molecular complexity index is 617. The highest BCUT2D eigenvalue weighted by Crippen LogP contribution is 2.13. The normalized spacial score (nSPS) is 10.2. The van der Waals surface area contributed by atoms with Crippen molar-refractivity contribution < 1.29 is 14.0 Å². The molecule has 0 bridgehead atoms. The lowest BCUT2D eigenvalue weighted by atomic mass is 10.1. The number of furan rings is 1. The van der Waals surface area contributed by atoms with E-state index in [1.54, 1.807) is 12.1 Å². The molecule has 0 saturated heterocycles. The number of anilines is 1. The molecule has 0 fully saturated rings. The number of amides is 2. The second-order valence-electron chi connectivity index (χ2n) is 4.22. The Morgan fingerprint density at radius 1 is 1.05 bits per heavy atom. The highest BCUT2D eigenvalue weighted by Gasteiger charge is 2.13. The van der Waals surface area contributed by atoms with Crippen molar-refractivity contribution in [2.24, 2.45) is 11.5 Å². The lowest BCUT2D eigenvalue weighted by Gasteiger charge is -2.04. The maximum Gasteiger partial charge on any atom is 0.291 e. The third-order valence-corrected chi connectivity index (χ3v) is 2.72. The predicted octanol–water partition coefficient (Wildman–Crippen LogP) is 1.13. The average Bonchev–Trinajstić information content (AvgIpc) is 2.91. The molecule has 0 atom stereocenters. The van der Waals surface area contributed by atoms with Gasteiger partial charge >= 0.3 is 0 Å². The number of primary amides is 1. The molecule has 0 aliphatic heterocycles. The van der Waals surface area contributed by atoms with Crippen molar-refractivity contribution in [3.63, 3.8) is 0 Å². The highest BCUT2D eigenvalue weighted by molar-refractivity contribution is 6.03. The fourth-order valence-electron chi connectivity index (χ4n) is 1.71. The third kappa shape index (κ3) is 3.24. The first kappa shape index (κ1) is 13.8. The fourth-order valence-corrected chi connectivity index (χ4v) is 1.71. The van der Waals surface area contributed by atoms with E-state index in [1.807, 2.05) is 12.1 Å². The summed E-state index contributed by atoms with van der Waals surface area (Å²) in [6.45, 7) is 0.577. The Balaban J connectivity index is 2.04. The SMILES string of the molecule is NCCc1ccc(NC(=O)c2ccc(C(N)=O)o2)cc1. The van der Waals surface area contributed by atoms with E-state index in [0.717, 1.165) is 12.0 Å². The van der Waals surface area contributed by atoms with Crippen molar-refractivity contribution in [2.75, 3.05) is 11.9 Å². The van der Waals surface area contributed by atoms with Crippen molar-refractivity contribution in [1.29, 1.82) is 0 Å². The number of nitrogens with two attached hydrogens (primary N) is 2. The zero-order valence-electron chi connectivity index (χ0n) is 10.8. The van der Waals surface area contributed by atoms with E-state index >= 15 is 0 Å². The lowest BCUT2D eigenvalue weighted by Crippen LogP contribution is -2.12. The van der Waals surface area contributed by atoms with Crippen molar-refractivity contribution in [2.45, 2.75) is 6.42 Å². The van der Waals surface area contributed by atoms with E-state index in [4.69, 9.17) is 15.9 Å². The van der Waals surface area contributed by atoms with Gasteiger partial charge in [0.25, 0.3) is 11.8 Å². The first-order valence-electron chi connectivity index (χ1n) is 6.10. The van der Waals surface area contributed by atoms with Gasteiger partial charge in [0.05, 0.1) is 0 Å². The molecule has 5 N–H and O–H groups in total. The van der Waals surface area contributed by atoms with Crippen LogP contribution < -0.4 is 16.8 Å². The highest BCUT2D eigenvalue weighted by atomic mass is 16.4. The second-order valence-corrected chi connectivity index (χ2v) is 4.22. The first-order chi connectivity index (χ1) is 9.60. The van der Waals surface area contributed by atoms with Crippen LogP contribution >= 0.6 is 0 Å².